The molecule has 6 rings (SSSR count). The van der Waals surface area contributed by atoms with Crippen molar-refractivity contribution in [3.05, 3.63) is 65.7 Å². The molecule has 1 saturated heterocycles. The SMILES string of the molecule is Cc1cc(F)c(-c2nc3cc(-c4nc5cc(N6CCN(C)CC6)ccc5[nH]4)ccc3[nH]2)cc1F. The topological polar surface area (TPSA) is 63.8 Å². The molecular weight excluding hydrogens is 434 g/mol. The highest BCUT2D eigenvalue weighted by Crippen LogP contribution is 2.29. The number of H-pyrrole nitrogens is 2. The molecule has 0 unspecified atom stereocenters. The number of nitrogens with one attached hydrogen (secondary N) is 2. The first-order chi connectivity index (χ1) is 16.4. The van der Waals surface area contributed by atoms with Crippen LogP contribution in [0.3, 0.4) is 0 Å². The molecular formula is C26H24F2N6. The zero-order valence-electron chi connectivity index (χ0n) is 19.0. The first kappa shape index (κ1) is 20.8. The molecule has 1 aliphatic heterocycles. The van der Waals surface area contributed by atoms with Crippen LogP contribution in [0, 0.1) is 18.6 Å². The molecule has 3 heterocycles. The molecule has 3 aromatic carbocycles. The molecule has 0 spiro atoms. The van der Waals surface area contributed by atoms with E-state index in [1.165, 1.54) is 24.7 Å². The third kappa shape index (κ3) is 3.60. The molecule has 1 aliphatic rings. The van der Waals surface area contributed by atoms with Gasteiger partial charge in [0.05, 0.1) is 27.6 Å². The lowest BCUT2D eigenvalue weighted by Gasteiger charge is -2.34. The number of hydrogen-bond acceptors (Lipinski definition) is 4. The smallest absolute Gasteiger partial charge is 0.141 e. The summed E-state index contributed by atoms with van der Waals surface area (Å²) in [7, 11) is 2.15. The van der Waals surface area contributed by atoms with Gasteiger partial charge in [-0.1, -0.05) is 0 Å². The second-order valence-electron chi connectivity index (χ2n) is 8.98. The number of nitrogens with zero attached hydrogens (tertiary/aromatic N) is 4. The predicted molar refractivity (Wildman–Crippen MR) is 131 cm³/mol. The third-order valence-electron chi connectivity index (χ3n) is 6.59. The van der Waals surface area contributed by atoms with E-state index in [9.17, 15) is 8.78 Å². The van der Waals surface area contributed by atoms with E-state index < -0.39 is 11.6 Å². The van der Waals surface area contributed by atoms with Gasteiger partial charge in [0.1, 0.15) is 23.3 Å². The summed E-state index contributed by atoms with van der Waals surface area (Å²) in [6.07, 6.45) is 0. The van der Waals surface area contributed by atoms with Crippen molar-refractivity contribution < 1.29 is 8.78 Å². The van der Waals surface area contributed by atoms with Gasteiger partial charge in [0, 0.05) is 37.4 Å². The molecule has 172 valence electrons. The van der Waals surface area contributed by atoms with E-state index in [0.717, 1.165) is 54.1 Å². The van der Waals surface area contributed by atoms with Crippen LogP contribution in [-0.2, 0) is 0 Å². The van der Waals surface area contributed by atoms with Gasteiger partial charge in [0.15, 0.2) is 0 Å². The average molecular weight is 459 g/mol. The zero-order valence-corrected chi connectivity index (χ0v) is 19.0. The Morgan fingerprint density at radius 1 is 0.765 bits per heavy atom. The molecule has 2 aromatic heterocycles. The highest BCUT2D eigenvalue weighted by molar-refractivity contribution is 5.87. The van der Waals surface area contributed by atoms with Crippen LogP contribution in [0.5, 0.6) is 0 Å². The first-order valence-electron chi connectivity index (χ1n) is 11.3. The van der Waals surface area contributed by atoms with Gasteiger partial charge in [0.2, 0.25) is 0 Å². The standard InChI is InChI=1S/C26H24F2N6/c1-15-11-20(28)18(14-19(15)27)26-30-21-5-3-16(12-23(21)32-26)25-29-22-6-4-17(13-24(22)31-25)34-9-7-33(2)8-10-34/h3-6,11-14H,7-10H2,1-2H3,(H,29,31)(H,30,32). The van der Waals surface area contributed by atoms with Crippen molar-refractivity contribution in [3.8, 4) is 22.8 Å². The molecule has 8 heteroatoms. The Balaban J connectivity index is 1.34. The number of piperazine rings is 1. The van der Waals surface area contributed by atoms with Gasteiger partial charge < -0.3 is 19.8 Å². The summed E-state index contributed by atoms with van der Waals surface area (Å²) in [5, 5.41) is 0. The quantitative estimate of drug-likeness (QED) is 0.394. The minimum absolute atomic E-state index is 0.112. The largest absolute Gasteiger partial charge is 0.369 e. The summed E-state index contributed by atoms with van der Waals surface area (Å²) in [5.74, 6) is 0.0666. The van der Waals surface area contributed by atoms with Gasteiger partial charge in [0.25, 0.3) is 0 Å². The van der Waals surface area contributed by atoms with Crippen molar-refractivity contribution in [2.24, 2.45) is 0 Å². The number of aryl methyl sites for hydroxylation is 1. The molecule has 0 atom stereocenters. The monoisotopic (exact) mass is 458 g/mol. The van der Waals surface area contributed by atoms with Gasteiger partial charge in [-0.2, -0.15) is 0 Å². The predicted octanol–water partition coefficient (Wildman–Crippen LogP) is 5.11. The maximum absolute atomic E-state index is 14.4. The number of rotatable bonds is 3. The van der Waals surface area contributed by atoms with Crippen molar-refractivity contribution in [1.82, 2.24) is 24.8 Å². The van der Waals surface area contributed by atoms with Crippen LogP contribution in [0.25, 0.3) is 44.8 Å². The number of benzene rings is 3. The van der Waals surface area contributed by atoms with Crippen molar-refractivity contribution >= 4 is 27.8 Å². The van der Waals surface area contributed by atoms with Gasteiger partial charge in [-0.25, -0.2) is 18.7 Å². The van der Waals surface area contributed by atoms with Crippen LogP contribution in [-0.4, -0.2) is 58.1 Å². The average Bonchev–Trinajstić information content (AvgIpc) is 3.45. The summed E-state index contributed by atoms with van der Waals surface area (Å²) in [5.41, 5.74) is 5.71. The fraction of sp³-hybridized carbons (Fsp3) is 0.231. The number of anilines is 1. The maximum Gasteiger partial charge on any atom is 0.141 e. The fourth-order valence-corrected chi connectivity index (χ4v) is 4.50. The highest BCUT2D eigenvalue weighted by atomic mass is 19.1. The summed E-state index contributed by atoms with van der Waals surface area (Å²) < 4.78 is 28.5. The fourth-order valence-electron chi connectivity index (χ4n) is 4.50. The number of hydrogen-bond donors (Lipinski definition) is 2. The number of aromatic amines is 2. The number of likely N-dealkylation sites (N-methyl/N-ethyl adjacent to an activating group) is 1. The van der Waals surface area contributed by atoms with E-state index in [4.69, 9.17) is 4.98 Å². The van der Waals surface area contributed by atoms with E-state index in [-0.39, 0.29) is 11.1 Å². The molecule has 2 N–H and O–H groups in total. The van der Waals surface area contributed by atoms with Crippen LogP contribution in [0.4, 0.5) is 14.5 Å². The minimum atomic E-state index is -0.508. The molecule has 0 saturated carbocycles. The van der Waals surface area contributed by atoms with E-state index in [1.54, 1.807) is 0 Å². The van der Waals surface area contributed by atoms with Gasteiger partial charge >= 0.3 is 0 Å². The van der Waals surface area contributed by atoms with Crippen LogP contribution < -0.4 is 4.90 Å². The minimum Gasteiger partial charge on any atom is -0.369 e. The normalized spacial score (nSPS) is 15.0. The second-order valence-corrected chi connectivity index (χ2v) is 8.98. The Labute approximate surface area is 195 Å². The Morgan fingerprint density at radius 2 is 1.44 bits per heavy atom. The summed E-state index contributed by atoms with van der Waals surface area (Å²) in [6, 6.07) is 14.4. The second kappa shape index (κ2) is 7.92. The van der Waals surface area contributed by atoms with Gasteiger partial charge in [-0.05, 0) is 68.1 Å². The lowest BCUT2D eigenvalue weighted by atomic mass is 10.1. The van der Waals surface area contributed by atoms with Crippen molar-refractivity contribution in [3.63, 3.8) is 0 Å². The molecule has 0 aliphatic carbocycles. The van der Waals surface area contributed by atoms with Crippen molar-refractivity contribution in [1.29, 1.82) is 0 Å². The summed E-state index contributed by atoms with van der Waals surface area (Å²) in [6.45, 7) is 5.64. The van der Waals surface area contributed by atoms with Crippen LogP contribution >= 0.6 is 0 Å². The van der Waals surface area contributed by atoms with E-state index in [0.29, 0.717) is 11.3 Å². The lowest BCUT2D eigenvalue weighted by Crippen LogP contribution is -2.44. The van der Waals surface area contributed by atoms with Crippen molar-refractivity contribution in [2.75, 3.05) is 38.1 Å². The summed E-state index contributed by atoms with van der Waals surface area (Å²) in [4.78, 5) is 20.5. The molecule has 0 amide bonds. The zero-order chi connectivity index (χ0) is 23.4. The van der Waals surface area contributed by atoms with E-state index >= 15 is 0 Å². The van der Waals surface area contributed by atoms with Crippen molar-refractivity contribution in [2.45, 2.75) is 6.92 Å². The van der Waals surface area contributed by atoms with Gasteiger partial charge in [-0.3, -0.25) is 0 Å². The molecule has 6 nitrogen and oxygen atoms in total. The van der Waals surface area contributed by atoms with E-state index in [1.807, 2.05) is 18.2 Å². The number of imidazole rings is 2. The van der Waals surface area contributed by atoms with E-state index in [2.05, 4.69) is 50.0 Å². The highest BCUT2D eigenvalue weighted by Gasteiger charge is 2.17. The van der Waals surface area contributed by atoms with Crippen LogP contribution in [0.15, 0.2) is 48.5 Å². The lowest BCUT2D eigenvalue weighted by molar-refractivity contribution is 0.313. The molecule has 34 heavy (non-hydrogen) atoms. The number of fused-ring (bicyclic) bond motifs is 2. The summed E-state index contributed by atoms with van der Waals surface area (Å²) >= 11 is 0. The Hall–Kier alpha value is -3.78. The number of aromatic nitrogens is 4. The number of halogens is 2. The van der Waals surface area contributed by atoms with Crippen LogP contribution in [0.1, 0.15) is 5.56 Å². The first-order valence-corrected chi connectivity index (χ1v) is 11.3. The Bertz CT molecular complexity index is 1530. The Morgan fingerprint density at radius 3 is 2.24 bits per heavy atom. The molecule has 5 aromatic rings. The molecule has 1 fully saturated rings. The molecule has 0 radical (unpaired) electrons. The third-order valence-corrected chi connectivity index (χ3v) is 6.59. The molecule has 0 bridgehead atoms. The van der Waals surface area contributed by atoms with Gasteiger partial charge in [-0.15, -0.1) is 0 Å². The maximum atomic E-state index is 14.4. The Kier molecular flexibility index (Phi) is 4.84. The van der Waals surface area contributed by atoms with Crippen LogP contribution in [0.2, 0.25) is 0 Å².